The van der Waals surface area contributed by atoms with Gasteiger partial charge in [0, 0.05) is 38.9 Å². The first-order chi connectivity index (χ1) is 16.0. The number of rotatable bonds is 9. The van der Waals surface area contributed by atoms with Crippen LogP contribution in [0.2, 0.25) is 25.7 Å². The number of aromatic nitrogens is 3. The SMILES string of the molecule is COc1cc(-c2cc(C(=O)N3CCC(C(=O)O)CC3C)nn2COCC[Si](C)(C)C)c(F)cn1. The molecule has 1 amide bonds. The van der Waals surface area contributed by atoms with E-state index in [0.717, 1.165) is 12.2 Å². The molecule has 0 aliphatic carbocycles. The number of carbonyl (C=O) groups is 2. The third kappa shape index (κ3) is 6.20. The van der Waals surface area contributed by atoms with Gasteiger partial charge in [-0.3, -0.25) is 9.59 Å². The normalized spacial score (nSPS) is 18.7. The van der Waals surface area contributed by atoms with Gasteiger partial charge in [-0.15, -0.1) is 0 Å². The summed E-state index contributed by atoms with van der Waals surface area (Å²) in [5.74, 6) is -1.96. The largest absolute Gasteiger partial charge is 0.481 e. The Hall–Kier alpha value is -2.79. The zero-order valence-electron chi connectivity index (χ0n) is 20.4. The highest BCUT2D eigenvalue weighted by Crippen LogP contribution is 2.29. The highest BCUT2D eigenvalue weighted by Gasteiger charge is 2.34. The fourth-order valence-electron chi connectivity index (χ4n) is 3.94. The highest BCUT2D eigenvalue weighted by atomic mass is 28.3. The smallest absolute Gasteiger partial charge is 0.306 e. The van der Waals surface area contributed by atoms with Crippen molar-refractivity contribution in [2.45, 2.75) is 58.2 Å². The third-order valence-electron chi connectivity index (χ3n) is 6.01. The van der Waals surface area contributed by atoms with Gasteiger partial charge in [0.1, 0.15) is 6.73 Å². The summed E-state index contributed by atoms with van der Waals surface area (Å²) in [6.45, 7) is 9.51. The summed E-state index contributed by atoms with van der Waals surface area (Å²) < 4.78 is 27.2. The van der Waals surface area contributed by atoms with Crippen LogP contribution in [0, 0.1) is 11.7 Å². The lowest BCUT2D eigenvalue weighted by Crippen LogP contribution is -2.46. The Labute approximate surface area is 199 Å². The summed E-state index contributed by atoms with van der Waals surface area (Å²) in [6.07, 6.45) is 1.83. The number of hydrogen-bond acceptors (Lipinski definition) is 6. The van der Waals surface area contributed by atoms with Crippen LogP contribution in [0.1, 0.15) is 30.3 Å². The molecule has 3 heterocycles. The van der Waals surface area contributed by atoms with Gasteiger partial charge in [-0.2, -0.15) is 5.10 Å². The molecule has 186 valence electrons. The lowest BCUT2D eigenvalue weighted by atomic mass is 9.91. The monoisotopic (exact) mass is 492 g/mol. The molecule has 11 heteroatoms. The number of carboxylic acid groups (broad SMARTS) is 1. The van der Waals surface area contributed by atoms with Gasteiger partial charge in [-0.25, -0.2) is 14.1 Å². The summed E-state index contributed by atoms with van der Waals surface area (Å²) in [5.41, 5.74) is 0.729. The average Bonchev–Trinajstić information content (AvgIpc) is 3.19. The summed E-state index contributed by atoms with van der Waals surface area (Å²) in [7, 11) is 0.149. The molecule has 9 nitrogen and oxygen atoms in total. The van der Waals surface area contributed by atoms with Crippen molar-refractivity contribution in [3.8, 4) is 17.1 Å². The first kappa shape index (κ1) is 25.8. The van der Waals surface area contributed by atoms with E-state index in [4.69, 9.17) is 9.47 Å². The number of methoxy groups -OCH3 is 1. The molecular weight excluding hydrogens is 459 g/mol. The number of aliphatic carboxylic acids is 1. The van der Waals surface area contributed by atoms with E-state index in [1.54, 1.807) is 4.90 Å². The molecule has 2 unspecified atom stereocenters. The maximum Gasteiger partial charge on any atom is 0.306 e. The van der Waals surface area contributed by atoms with Crippen LogP contribution >= 0.6 is 0 Å². The topological polar surface area (TPSA) is 107 Å². The minimum Gasteiger partial charge on any atom is -0.481 e. The average molecular weight is 493 g/mol. The molecule has 0 radical (unpaired) electrons. The Morgan fingerprint density at radius 1 is 1.29 bits per heavy atom. The predicted octanol–water partition coefficient (Wildman–Crippen LogP) is 3.73. The first-order valence-electron chi connectivity index (χ1n) is 11.4. The van der Waals surface area contributed by atoms with Crippen molar-refractivity contribution in [2.75, 3.05) is 20.3 Å². The minimum atomic E-state index is -1.29. The molecular formula is C23H33FN4O5Si. The molecule has 0 saturated carbocycles. The molecule has 3 rings (SSSR count). The quantitative estimate of drug-likeness (QED) is 0.420. The van der Waals surface area contributed by atoms with Crippen LogP contribution in [0.4, 0.5) is 4.39 Å². The van der Waals surface area contributed by atoms with Crippen molar-refractivity contribution < 1.29 is 28.6 Å². The number of nitrogens with zero attached hydrogens (tertiary/aromatic N) is 4. The molecule has 1 aliphatic heterocycles. The van der Waals surface area contributed by atoms with Crippen molar-refractivity contribution in [1.82, 2.24) is 19.7 Å². The van der Waals surface area contributed by atoms with E-state index < -0.39 is 25.8 Å². The number of ether oxygens (including phenoxy) is 2. The molecule has 2 aromatic rings. The van der Waals surface area contributed by atoms with Crippen LogP contribution in [-0.4, -0.2) is 71.0 Å². The highest BCUT2D eigenvalue weighted by molar-refractivity contribution is 6.76. The second-order valence-electron chi connectivity index (χ2n) is 9.88. The van der Waals surface area contributed by atoms with E-state index in [9.17, 15) is 19.1 Å². The van der Waals surface area contributed by atoms with Crippen molar-refractivity contribution in [3.63, 3.8) is 0 Å². The fraction of sp³-hybridized carbons (Fsp3) is 0.565. The van der Waals surface area contributed by atoms with Crippen LogP contribution < -0.4 is 4.74 Å². The van der Waals surface area contributed by atoms with Crippen LogP contribution in [0.3, 0.4) is 0 Å². The molecule has 34 heavy (non-hydrogen) atoms. The lowest BCUT2D eigenvalue weighted by Gasteiger charge is -2.35. The number of carbonyl (C=O) groups excluding carboxylic acids is 1. The summed E-state index contributed by atoms with van der Waals surface area (Å²) in [6, 6.07) is 3.71. The van der Waals surface area contributed by atoms with Crippen molar-refractivity contribution >= 4 is 20.0 Å². The molecule has 0 aromatic carbocycles. The van der Waals surface area contributed by atoms with Crippen LogP contribution in [0.25, 0.3) is 11.3 Å². The first-order valence-corrected chi connectivity index (χ1v) is 15.1. The zero-order chi connectivity index (χ0) is 25.0. The number of likely N-dealkylation sites (tertiary alicyclic amines) is 1. The number of pyridine rings is 1. The number of hydrogen-bond donors (Lipinski definition) is 1. The van der Waals surface area contributed by atoms with Crippen LogP contribution in [-0.2, 0) is 16.3 Å². The number of halogens is 1. The van der Waals surface area contributed by atoms with Gasteiger partial charge >= 0.3 is 5.97 Å². The second-order valence-corrected chi connectivity index (χ2v) is 15.5. The van der Waals surface area contributed by atoms with Gasteiger partial charge in [0.25, 0.3) is 5.91 Å². The van der Waals surface area contributed by atoms with Crippen molar-refractivity contribution in [2.24, 2.45) is 5.92 Å². The number of amides is 1. The molecule has 0 bridgehead atoms. The van der Waals surface area contributed by atoms with Gasteiger partial charge in [0.2, 0.25) is 5.88 Å². The maximum atomic E-state index is 14.7. The third-order valence-corrected chi connectivity index (χ3v) is 7.71. The van der Waals surface area contributed by atoms with E-state index >= 15 is 0 Å². The van der Waals surface area contributed by atoms with Gasteiger partial charge < -0.3 is 19.5 Å². The summed E-state index contributed by atoms with van der Waals surface area (Å²) in [4.78, 5) is 30.1. The minimum absolute atomic E-state index is 0.0633. The number of carboxylic acids is 1. The molecule has 2 aromatic heterocycles. The maximum absolute atomic E-state index is 14.7. The van der Waals surface area contributed by atoms with E-state index in [0.29, 0.717) is 31.7 Å². The Balaban J connectivity index is 1.88. The van der Waals surface area contributed by atoms with Crippen LogP contribution in [0.15, 0.2) is 18.3 Å². The Kier molecular flexibility index (Phi) is 8.08. The van der Waals surface area contributed by atoms with E-state index in [1.165, 1.54) is 23.9 Å². The Morgan fingerprint density at radius 2 is 2.03 bits per heavy atom. The van der Waals surface area contributed by atoms with Crippen molar-refractivity contribution in [1.29, 1.82) is 0 Å². The second kappa shape index (κ2) is 10.6. The van der Waals surface area contributed by atoms with Gasteiger partial charge in [0.05, 0.1) is 24.9 Å². The number of piperidine rings is 1. The molecule has 2 atom stereocenters. The summed E-state index contributed by atoms with van der Waals surface area (Å²) in [5, 5.41) is 13.8. The molecule has 1 N–H and O–H groups in total. The van der Waals surface area contributed by atoms with Gasteiger partial charge in [0.15, 0.2) is 11.5 Å². The van der Waals surface area contributed by atoms with Crippen LogP contribution in [0.5, 0.6) is 5.88 Å². The fourth-order valence-corrected chi connectivity index (χ4v) is 4.70. The van der Waals surface area contributed by atoms with E-state index in [-0.39, 0.29) is 35.8 Å². The molecule has 0 spiro atoms. The molecule has 1 saturated heterocycles. The van der Waals surface area contributed by atoms with Gasteiger partial charge in [-0.05, 0) is 31.9 Å². The molecule has 1 aliphatic rings. The Bertz CT molecular complexity index is 1040. The molecule has 1 fully saturated rings. The Morgan fingerprint density at radius 3 is 2.65 bits per heavy atom. The van der Waals surface area contributed by atoms with Gasteiger partial charge in [-0.1, -0.05) is 19.6 Å². The lowest BCUT2D eigenvalue weighted by molar-refractivity contribution is -0.143. The van der Waals surface area contributed by atoms with E-state index in [1.807, 2.05) is 6.92 Å². The summed E-state index contributed by atoms with van der Waals surface area (Å²) >= 11 is 0. The van der Waals surface area contributed by atoms with Crippen molar-refractivity contribution in [3.05, 3.63) is 29.8 Å². The predicted molar refractivity (Wildman–Crippen MR) is 127 cm³/mol. The zero-order valence-corrected chi connectivity index (χ0v) is 21.4. The standard InChI is InChI=1S/C23H33FN4O5Si/c1-15-10-16(23(30)31)6-7-27(15)22(29)19-12-20(17-11-21(32-2)25-13-18(17)24)28(26-19)14-33-8-9-34(3,4)5/h11-13,15-16H,6-10,14H2,1-5H3,(H,30,31). The van der Waals surface area contributed by atoms with E-state index in [2.05, 4.69) is 29.7 Å².